The van der Waals surface area contributed by atoms with Crippen LogP contribution in [-0.2, 0) is 4.79 Å². The van der Waals surface area contributed by atoms with Gasteiger partial charge in [-0.15, -0.1) is 0 Å². The Balaban J connectivity index is 3.46. The van der Waals surface area contributed by atoms with Crippen molar-refractivity contribution in [2.24, 2.45) is 0 Å². The molecule has 0 aliphatic rings. The molecular formula is C13H14O6. The number of phenolic OH excluding ortho intramolecular Hbond substituents is 1. The van der Waals surface area contributed by atoms with E-state index in [0.29, 0.717) is 0 Å². The van der Waals surface area contributed by atoms with Gasteiger partial charge in [-0.1, -0.05) is 6.07 Å². The van der Waals surface area contributed by atoms with Gasteiger partial charge < -0.3 is 20.1 Å². The van der Waals surface area contributed by atoms with Crippen molar-refractivity contribution in [3.05, 3.63) is 29.3 Å². The zero-order chi connectivity index (χ0) is 14.6. The minimum Gasteiger partial charge on any atom is -0.504 e. The maximum absolute atomic E-state index is 11.9. The number of phenols is 1. The Labute approximate surface area is 109 Å². The highest BCUT2D eigenvalue weighted by atomic mass is 16.5. The zero-order valence-electron chi connectivity index (χ0n) is 10.5. The minimum atomic E-state index is -1.30. The van der Waals surface area contributed by atoms with Crippen LogP contribution in [0, 0.1) is 0 Å². The lowest BCUT2D eigenvalue weighted by atomic mass is 9.98. The fourth-order valence-electron chi connectivity index (χ4n) is 1.56. The fourth-order valence-corrected chi connectivity index (χ4v) is 1.56. The van der Waals surface area contributed by atoms with Crippen molar-refractivity contribution in [2.45, 2.75) is 13.0 Å². The zero-order valence-corrected chi connectivity index (χ0v) is 10.5. The molecular weight excluding hydrogens is 252 g/mol. The number of ketones is 1. The topological polar surface area (TPSA) is 104 Å². The summed E-state index contributed by atoms with van der Waals surface area (Å²) in [5.74, 6) is -2.21. The predicted octanol–water partition coefficient (Wildman–Crippen LogP) is 1.06. The summed E-state index contributed by atoms with van der Waals surface area (Å²) in [7, 11) is 1.26. The highest BCUT2D eigenvalue weighted by Crippen LogP contribution is 2.34. The van der Waals surface area contributed by atoms with E-state index in [1.807, 2.05) is 0 Å². The van der Waals surface area contributed by atoms with Crippen LogP contribution in [0.1, 0.15) is 22.8 Å². The molecule has 1 unspecified atom stereocenters. The average Bonchev–Trinajstić information content (AvgIpc) is 2.35. The number of hydrogen-bond donors (Lipinski definition) is 3. The van der Waals surface area contributed by atoms with E-state index < -0.39 is 17.9 Å². The van der Waals surface area contributed by atoms with Gasteiger partial charge in [0.05, 0.1) is 12.7 Å². The van der Waals surface area contributed by atoms with Crippen LogP contribution in [0.5, 0.6) is 11.5 Å². The number of carboxylic acid groups (broad SMARTS) is 1. The molecule has 6 heteroatoms. The quantitative estimate of drug-likeness (QED) is 0.544. The molecule has 1 aromatic rings. The molecule has 0 bridgehead atoms. The van der Waals surface area contributed by atoms with Gasteiger partial charge in [0.2, 0.25) is 0 Å². The van der Waals surface area contributed by atoms with Gasteiger partial charge in [0.15, 0.2) is 17.3 Å². The van der Waals surface area contributed by atoms with Gasteiger partial charge in [0.25, 0.3) is 0 Å². The molecule has 0 aliphatic carbocycles. The molecule has 0 aromatic heterocycles. The van der Waals surface area contributed by atoms with Crippen LogP contribution in [-0.4, -0.2) is 40.3 Å². The maximum Gasteiger partial charge on any atom is 0.328 e. The summed E-state index contributed by atoms with van der Waals surface area (Å²) < 4.78 is 4.93. The van der Waals surface area contributed by atoms with Crippen LogP contribution in [0.25, 0.3) is 6.08 Å². The first-order chi connectivity index (χ1) is 8.88. The number of Topliss-reactive ketones (excluding diaryl/α,β-unsaturated/α-hetero) is 1. The van der Waals surface area contributed by atoms with Crippen molar-refractivity contribution < 1.29 is 29.6 Å². The third kappa shape index (κ3) is 3.32. The van der Waals surface area contributed by atoms with E-state index in [1.165, 1.54) is 32.2 Å². The van der Waals surface area contributed by atoms with E-state index in [1.54, 1.807) is 0 Å². The van der Waals surface area contributed by atoms with Crippen molar-refractivity contribution in [2.75, 3.05) is 7.11 Å². The number of aliphatic carboxylic acids is 1. The summed E-state index contributed by atoms with van der Waals surface area (Å²) in [5.41, 5.74) is 0.179. The summed E-state index contributed by atoms with van der Waals surface area (Å²) in [6.45, 7) is 1.27. The number of methoxy groups -OCH3 is 1. The molecule has 0 saturated carbocycles. The molecule has 102 valence electrons. The van der Waals surface area contributed by atoms with E-state index in [4.69, 9.17) is 9.84 Å². The molecule has 0 heterocycles. The Morgan fingerprint density at radius 2 is 2.00 bits per heavy atom. The molecule has 0 saturated heterocycles. The van der Waals surface area contributed by atoms with Crippen molar-refractivity contribution in [1.82, 2.24) is 0 Å². The van der Waals surface area contributed by atoms with Gasteiger partial charge in [0.1, 0.15) is 6.10 Å². The molecule has 1 aromatic carbocycles. The Morgan fingerprint density at radius 1 is 1.37 bits per heavy atom. The number of aromatic hydroxyl groups is 1. The van der Waals surface area contributed by atoms with E-state index >= 15 is 0 Å². The Morgan fingerprint density at radius 3 is 2.47 bits per heavy atom. The maximum atomic E-state index is 11.9. The Hall–Kier alpha value is -2.34. The van der Waals surface area contributed by atoms with Gasteiger partial charge in [-0.05, 0) is 24.6 Å². The monoisotopic (exact) mass is 266 g/mol. The number of carboxylic acids is 1. The van der Waals surface area contributed by atoms with Crippen molar-refractivity contribution in [3.8, 4) is 11.5 Å². The van der Waals surface area contributed by atoms with Gasteiger partial charge in [-0.2, -0.15) is 0 Å². The van der Waals surface area contributed by atoms with E-state index in [2.05, 4.69) is 0 Å². The second kappa shape index (κ2) is 6.01. The smallest absolute Gasteiger partial charge is 0.328 e. The molecule has 19 heavy (non-hydrogen) atoms. The minimum absolute atomic E-state index is 0.0602. The number of carbonyl (C=O) groups is 2. The summed E-state index contributed by atoms with van der Waals surface area (Å²) in [6, 6.07) is 2.64. The summed E-state index contributed by atoms with van der Waals surface area (Å²) in [4.78, 5) is 22.4. The van der Waals surface area contributed by atoms with E-state index in [0.717, 1.165) is 6.08 Å². The van der Waals surface area contributed by atoms with Crippen LogP contribution < -0.4 is 4.74 Å². The summed E-state index contributed by atoms with van der Waals surface area (Å²) in [6.07, 6.45) is 0.748. The van der Waals surface area contributed by atoms with Crippen LogP contribution in [0.4, 0.5) is 0 Å². The van der Waals surface area contributed by atoms with Crippen LogP contribution in [0.15, 0.2) is 18.2 Å². The predicted molar refractivity (Wildman–Crippen MR) is 67.3 cm³/mol. The summed E-state index contributed by atoms with van der Waals surface area (Å²) >= 11 is 0. The second-order valence-corrected chi connectivity index (χ2v) is 3.79. The molecule has 0 fully saturated rings. The molecule has 6 nitrogen and oxygen atoms in total. The molecule has 1 atom stereocenters. The number of benzene rings is 1. The number of ether oxygens (including phenoxy) is 1. The lowest BCUT2D eigenvalue weighted by molar-refractivity contribution is -0.131. The third-order valence-electron chi connectivity index (χ3n) is 2.40. The lowest BCUT2D eigenvalue weighted by Crippen LogP contribution is -2.18. The highest BCUT2D eigenvalue weighted by molar-refractivity contribution is 6.05. The van der Waals surface area contributed by atoms with Crippen molar-refractivity contribution in [3.63, 3.8) is 0 Å². The number of aliphatic hydroxyl groups excluding tert-OH is 1. The third-order valence-corrected chi connectivity index (χ3v) is 2.40. The largest absolute Gasteiger partial charge is 0.504 e. The SMILES string of the molecule is COc1c(O)ccc(C=CC(=O)O)c1C(=O)C(C)O. The molecule has 0 amide bonds. The first-order valence-corrected chi connectivity index (χ1v) is 5.41. The normalized spacial score (nSPS) is 12.4. The Kier molecular flexibility index (Phi) is 4.66. The van der Waals surface area contributed by atoms with Crippen LogP contribution in [0.3, 0.4) is 0 Å². The standard InChI is InChI=1S/C13H14O6/c1-7(14)12(18)11-8(4-6-10(16)17)3-5-9(15)13(11)19-2/h3-7,14-15H,1-2H3,(H,16,17). The molecule has 0 radical (unpaired) electrons. The summed E-state index contributed by atoms with van der Waals surface area (Å²) in [5, 5.41) is 27.6. The highest BCUT2D eigenvalue weighted by Gasteiger charge is 2.22. The Bertz CT molecular complexity index is 530. The van der Waals surface area contributed by atoms with Crippen LogP contribution >= 0.6 is 0 Å². The fraction of sp³-hybridized carbons (Fsp3) is 0.231. The van der Waals surface area contributed by atoms with Gasteiger partial charge >= 0.3 is 5.97 Å². The first kappa shape index (κ1) is 14.7. The van der Waals surface area contributed by atoms with E-state index in [9.17, 15) is 19.8 Å². The molecule has 3 N–H and O–H groups in total. The number of hydrogen-bond acceptors (Lipinski definition) is 5. The number of rotatable bonds is 5. The molecule has 0 spiro atoms. The number of aliphatic hydroxyl groups is 1. The second-order valence-electron chi connectivity index (χ2n) is 3.79. The van der Waals surface area contributed by atoms with Gasteiger partial charge in [0, 0.05) is 6.08 Å². The molecule has 1 rings (SSSR count). The average molecular weight is 266 g/mol. The first-order valence-electron chi connectivity index (χ1n) is 5.41. The van der Waals surface area contributed by atoms with Gasteiger partial charge in [-0.3, -0.25) is 4.79 Å². The van der Waals surface area contributed by atoms with E-state index in [-0.39, 0.29) is 22.6 Å². The van der Waals surface area contributed by atoms with Crippen LogP contribution in [0.2, 0.25) is 0 Å². The van der Waals surface area contributed by atoms with Crippen molar-refractivity contribution >= 4 is 17.8 Å². The van der Waals surface area contributed by atoms with Gasteiger partial charge in [-0.25, -0.2) is 4.79 Å². The number of carbonyl (C=O) groups excluding carboxylic acids is 1. The lowest BCUT2D eigenvalue weighted by Gasteiger charge is -2.13. The van der Waals surface area contributed by atoms with Crippen molar-refractivity contribution in [1.29, 1.82) is 0 Å². The molecule has 0 aliphatic heterocycles.